The summed E-state index contributed by atoms with van der Waals surface area (Å²) in [5.74, 6) is 1.46. The Bertz CT molecular complexity index is 319. The molecule has 0 saturated carbocycles. The van der Waals surface area contributed by atoms with E-state index in [1.54, 1.807) is 27.2 Å². The third kappa shape index (κ3) is 1.82. The van der Waals surface area contributed by atoms with Crippen molar-refractivity contribution < 1.29 is 14.6 Å². The molecule has 1 aromatic rings. The van der Waals surface area contributed by atoms with Gasteiger partial charge in [0, 0.05) is 11.1 Å². The zero-order valence-corrected chi connectivity index (χ0v) is 9.00. The van der Waals surface area contributed by atoms with Crippen molar-refractivity contribution in [1.82, 2.24) is 0 Å². The molecular formula is C11H16O3. The first-order chi connectivity index (χ1) is 6.61. The van der Waals surface area contributed by atoms with Crippen LogP contribution in [0.4, 0.5) is 0 Å². The van der Waals surface area contributed by atoms with Gasteiger partial charge in [-0.15, -0.1) is 0 Å². The standard InChI is InChI=1S/C11H16O3/c1-7-9(13-3)5-6-10(14-4)11(7)8(2)12/h5-6,8,12H,1-4H3. The predicted octanol–water partition coefficient (Wildman–Crippen LogP) is 2.07. The van der Waals surface area contributed by atoms with Crippen LogP contribution in [0.1, 0.15) is 24.2 Å². The third-order valence-electron chi connectivity index (χ3n) is 2.28. The first-order valence-electron chi connectivity index (χ1n) is 4.51. The van der Waals surface area contributed by atoms with E-state index in [-0.39, 0.29) is 0 Å². The van der Waals surface area contributed by atoms with Gasteiger partial charge in [-0.1, -0.05) is 0 Å². The van der Waals surface area contributed by atoms with Gasteiger partial charge in [-0.2, -0.15) is 0 Å². The number of methoxy groups -OCH3 is 2. The van der Waals surface area contributed by atoms with E-state index in [9.17, 15) is 5.11 Å². The Morgan fingerprint density at radius 1 is 1.14 bits per heavy atom. The lowest BCUT2D eigenvalue weighted by Gasteiger charge is -2.16. The van der Waals surface area contributed by atoms with Gasteiger partial charge in [-0.05, 0) is 26.0 Å². The van der Waals surface area contributed by atoms with E-state index < -0.39 is 6.10 Å². The molecule has 1 rings (SSSR count). The molecule has 0 radical (unpaired) electrons. The number of aliphatic hydroxyl groups excluding tert-OH is 1. The first kappa shape index (κ1) is 10.9. The van der Waals surface area contributed by atoms with E-state index in [1.807, 2.05) is 13.0 Å². The highest BCUT2D eigenvalue weighted by Crippen LogP contribution is 2.33. The quantitative estimate of drug-likeness (QED) is 0.804. The van der Waals surface area contributed by atoms with Crippen LogP contribution in [0.2, 0.25) is 0 Å². The molecule has 0 aliphatic heterocycles. The van der Waals surface area contributed by atoms with Crippen LogP contribution in [-0.4, -0.2) is 19.3 Å². The normalized spacial score (nSPS) is 12.4. The maximum atomic E-state index is 9.60. The highest BCUT2D eigenvalue weighted by atomic mass is 16.5. The molecule has 1 N–H and O–H groups in total. The summed E-state index contributed by atoms with van der Waals surface area (Å²) in [7, 11) is 3.20. The maximum absolute atomic E-state index is 9.60. The van der Waals surface area contributed by atoms with Crippen molar-refractivity contribution in [3.63, 3.8) is 0 Å². The molecule has 3 heteroatoms. The Morgan fingerprint density at radius 2 is 1.64 bits per heavy atom. The molecule has 0 aliphatic rings. The smallest absolute Gasteiger partial charge is 0.125 e. The third-order valence-corrected chi connectivity index (χ3v) is 2.28. The van der Waals surface area contributed by atoms with E-state index >= 15 is 0 Å². The molecule has 3 nitrogen and oxygen atoms in total. The fourth-order valence-corrected chi connectivity index (χ4v) is 1.60. The molecule has 1 aromatic carbocycles. The van der Waals surface area contributed by atoms with Crippen molar-refractivity contribution in [2.24, 2.45) is 0 Å². The number of hydrogen-bond acceptors (Lipinski definition) is 3. The van der Waals surface area contributed by atoms with E-state index in [0.717, 1.165) is 16.9 Å². The van der Waals surface area contributed by atoms with E-state index in [0.29, 0.717) is 5.75 Å². The van der Waals surface area contributed by atoms with Gasteiger partial charge in [0.05, 0.1) is 20.3 Å². The largest absolute Gasteiger partial charge is 0.496 e. The van der Waals surface area contributed by atoms with Crippen LogP contribution in [0.5, 0.6) is 11.5 Å². The summed E-state index contributed by atoms with van der Waals surface area (Å²) in [6, 6.07) is 3.63. The summed E-state index contributed by atoms with van der Waals surface area (Å²) in [6.45, 7) is 3.62. The summed E-state index contributed by atoms with van der Waals surface area (Å²) in [5, 5.41) is 9.60. The fourth-order valence-electron chi connectivity index (χ4n) is 1.60. The van der Waals surface area contributed by atoms with Crippen molar-refractivity contribution in [2.45, 2.75) is 20.0 Å². The Balaban J connectivity index is 3.31. The van der Waals surface area contributed by atoms with Gasteiger partial charge < -0.3 is 14.6 Å². The molecule has 1 unspecified atom stereocenters. The van der Waals surface area contributed by atoms with Crippen LogP contribution < -0.4 is 9.47 Å². The second kappa shape index (κ2) is 4.33. The van der Waals surface area contributed by atoms with Crippen LogP contribution in [0, 0.1) is 6.92 Å². The second-order valence-electron chi connectivity index (χ2n) is 3.18. The van der Waals surface area contributed by atoms with Crippen LogP contribution >= 0.6 is 0 Å². The Hall–Kier alpha value is -1.22. The number of hydrogen-bond donors (Lipinski definition) is 1. The van der Waals surface area contributed by atoms with E-state index in [2.05, 4.69) is 0 Å². The van der Waals surface area contributed by atoms with Gasteiger partial charge in [0.2, 0.25) is 0 Å². The van der Waals surface area contributed by atoms with Crippen LogP contribution in [0.15, 0.2) is 12.1 Å². The zero-order valence-electron chi connectivity index (χ0n) is 9.00. The van der Waals surface area contributed by atoms with Crippen molar-refractivity contribution in [3.05, 3.63) is 23.3 Å². The van der Waals surface area contributed by atoms with E-state index in [4.69, 9.17) is 9.47 Å². The molecule has 0 spiro atoms. The molecule has 1 atom stereocenters. The fraction of sp³-hybridized carbons (Fsp3) is 0.455. The van der Waals surface area contributed by atoms with Crippen LogP contribution in [-0.2, 0) is 0 Å². The minimum Gasteiger partial charge on any atom is -0.496 e. The van der Waals surface area contributed by atoms with Gasteiger partial charge in [0.1, 0.15) is 11.5 Å². The number of benzene rings is 1. The van der Waals surface area contributed by atoms with Gasteiger partial charge in [0.15, 0.2) is 0 Å². The molecule has 0 fully saturated rings. The average Bonchev–Trinajstić information content (AvgIpc) is 2.16. The Morgan fingerprint density at radius 3 is 2.07 bits per heavy atom. The lowest BCUT2D eigenvalue weighted by Crippen LogP contribution is -2.01. The van der Waals surface area contributed by atoms with Crippen molar-refractivity contribution >= 4 is 0 Å². The number of ether oxygens (including phenoxy) is 2. The second-order valence-corrected chi connectivity index (χ2v) is 3.18. The molecule has 78 valence electrons. The van der Waals surface area contributed by atoms with Gasteiger partial charge in [0.25, 0.3) is 0 Å². The van der Waals surface area contributed by atoms with Crippen LogP contribution in [0.3, 0.4) is 0 Å². The molecule has 0 bridgehead atoms. The summed E-state index contributed by atoms with van der Waals surface area (Å²) < 4.78 is 10.3. The van der Waals surface area contributed by atoms with Crippen LogP contribution in [0.25, 0.3) is 0 Å². The Kier molecular flexibility index (Phi) is 3.36. The number of aliphatic hydroxyl groups is 1. The zero-order chi connectivity index (χ0) is 10.7. The summed E-state index contributed by atoms with van der Waals surface area (Å²) in [6.07, 6.45) is -0.556. The van der Waals surface area contributed by atoms with Crippen molar-refractivity contribution in [3.8, 4) is 11.5 Å². The van der Waals surface area contributed by atoms with Gasteiger partial charge >= 0.3 is 0 Å². The molecule has 0 aromatic heterocycles. The number of rotatable bonds is 3. The first-order valence-corrected chi connectivity index (χ1v) is 4.51. The SMILES string of the molecule is COc1ccc(OC)c(C(C)O)c1C. The maximum Gasteiger partial charge on any atom is 0.125 e. The summed E-state index contributed by atoms with van der Waals surface area (Å²) in [5.41, 5.74) is 1.70. The highest BCUT2D eigenvalue weighted by Gasteiger charge is 2.14. The molecule has 0 saturated heterocycles. The molecular weight excluding hydrogens is 180 g/mol. The topological polar surface area (TPSA) is 38.7 Å². The molecule has 0 amide bonds. The van der Waals surface area contributed by atoms with Crippen molar-refractivity contribution in [1.29, 1.82) is 0 Å². The minimum atomic E-state index is -0.556. The lowest BCUT2D eigenvalue weighted by molar-refractivity contribution is 0.193. The highest BCUT2D eigenvalue weighted by molar-refractivity contribution is 5.48. The van der Waals surface area contributed by atoms with Crippen molar-refractivity contribution in [2.75, 3.05) is 14.2 Å². The summed E-state index contributed by atoms with van der Waals surface area (Å²) >= 11 is 0. The monoisotopic (exact) mass is 196 g/mol. The van der Waals surface area contributed by atoms with Gasteiger partial charge in [-0.25, -0.2) is 0 Å². The van der Waals surface area contributed by atoms with E-state index in [1.165, 1.54) is 0 Å². The Labute approximate surface area is 84.3 Å². The lowest BCUT2D eigenvalue weighted by atomic mass is 10.0. The average molecular weight is 196 g/mol. The molecule has 14 heavy (non-hydrogen) atoms. The molecule has 0 heterocycles. The van der Waals surface area contributed by atoms with Gasteiger partial charge in [-0.3, -0.25) is 0 Å². The summed E-state index contributed by atoms with van der Waals surface area (Å²) in [4.78, 5) is 0. The predicted molar refractivity (Wildman–Crippen MR) is 54.9 cm³/mol. The minimum absolute atomic E-state index is 0.556. The molecule has 0 aliphatic carbocycles.